The van der Waals surface area contributed by atoms with E-state index in [4.69, 9.17) is 4.74 Å². The quantitative estimate of drug-likeness (QED) is 0.696. The molecule has 0 aromatic rings. The molecule has 3 atom stereocenters. The van der Waals surface area contributed by atoms with Crippen LogP contribution in [0.1, 0.15) is 54.4 Å². The number of hydrogen-bond donors (Lipinski definition) is 0. The number of hydrogen-bond acceptors (Lipinski definition) is 3. The van der Waals surface area contributed by atoms with Gasteiger partial charge in [-0.2, -0.15) is 0 Å². The minimum atomic E-state index is -0.391. The fraction of sp³-hybridized carbons (Fsp3) is 0.929. The molecule has 100 valence electrons. The molecule has 1 saturated heterocycles. The van der Waals surface area contributed by atoms with Crippen LogP contribution in [0.3, 0.4) is 0 Å². The van der Waals surface area contributed by atoms with Crippen LogP contribution in [0.2, 0.25) is 0 Å². The molecule has 0 aromatic heterocycles. The Balaban J connectivity index is 2.57. The van der Waals surface area contributed by atoms with Crippen LogP contribution in [0.15, 0.2) is 0 Å². The van der Waals surface area contributed by atoms with Gasteiger partial charge in [0.25, 0.3) is 0 Å². The van der Waals surface area contributed by atoms with Gasteiger partial charge in [0, 0.05) is 6.04 Å². The zero-order valence-electron chi connectivity index (χ0n) is 12.1. The summed E-state index contributed by atoms with van der Waals surface area (Å²) < 4.78 is 5.45. The molecule has 1 aliphatic rings. The zero-order valence-corrected chi connectivity index (χ0v) is 12.1. The maximum absolute atomic E-state index is 12.0. The molecule has 1 fully saturated rings. The van der Waals surface area contributed by atoms with Crippen molar-refractivity contribution in [2.45, 2.75) is 72.1 Å². The lowest BCUT2D eigenvalue weighted by atomic mass is 9.92. The van der Waals surface area contributed by atoms with E-state index in [-0.39, 0.29) is 12.0 Å². The average molecular weight is 241 g/mol. The number of esters is 1. The third-order valence-electron chi connectivity index (χ3n) is 3.44. The first kappa shape index (κ1) is 14.5. The lowest BCUT2D eigenvalue weighted by molar-refractivity contribution is -0.162. The molecular weight excluding hydrogens is 214 g/mol. The number of piperidine rings is 1. The number of carbonyl (C=O) groups excluding carboxylic acids is 1. The molecule has 0 saturated carbocycles. The molecule has 3 nitrogen and oxygen atoms in total. The molecule has 1 aliphatic heterocycles. The fourth-order valence-electron chi connectivity index (χ4n) is 2.52. The molecular formula is C14H27NO2. The zero-order chi connectivity index (χ0) is 13.2. The summed E-state index contributed by atoms with van der Waals surface area (Å²) in [4.78, 5) is 14.3. The van der Waals surface area contributed by atoms with Gasteiger partial charge in [-0.05, 0) is 59.9 Å². The fourth-order valence-corrected chi connectivity index (χ4v) is 2.52. The molecule has 17 heavy (non-hydrogen) atoms. The van der Waals surface area contributed by atoms with Crippen LogP contribution in [0.25, 0.3) is 0 Å². The van der Waals surface area contributed by atoms with Gasteiger partial charge in [-0.25, -0.2) is 0 Å². The number of carbonyl (C=O) groups is 1. The SMILES string of the molecule is CC1CCN(C(C)C(=O)OC(C)(C)C)C(C)C1. The maximum Gasteiger partial charge on any atom is 0.323 e. The molecule has 0 spiro atoms. The van der Waals surface area contributed by atoms with Gasteiger partial charge in [0.05, 0.1) is 0 Å². The lowest BCUT2D eigenvalue weighted by Gasteiger charge is -2.40. The molecule has 0 N–H and O–H groups in total. The van der Waals surface area contributed by atoms with Gasteiger partial charge >= 0.3 is 5.97 Å². The first-order valence-corrected chi connectivity index (χ1v) is 6.69. The highest BCUT2D eigenvalue weighted by Gasteiger charge is 2.32. The van der Waals surface area contributed by atoms with E-state index in [0.717, 1.165) is 12.5 Å². The molecule has 0 amide bonds. The second-order valence-electron chi connectivity index (χ2n) is 6.43. The Morgan fingerprint density at radius 3 is 2.41 bits per heavy atom. The average Bonchev–Trinajstić information content (AvgIpc) is 2.14. The Morgan fingerprint density at radius 2 is 1.94 bits per heavy atom. The topological polar surface area (TPSA) is 29.5 Å². The highest BCUT2D eigenvalue weighted by atomic mass is 16.6. The van der Waals surface area contributed by atoms with Crippen molar-refractivity contribution in [3.05, 3.63) is 0 Å². The van der Waals surface area contributed by atoms with Crippen LogP contribution in [0, 0.1) is 5.92 Å². The van der Waals surface area contributed by atoms with Gasteiger partial charge in [-0.1, -0.05) is 6.92 Å². The summed E-state index contributed by atoms with van der Waals surface area (Å²) in [6.07, 6.45) is 2.35. The van der Waals surface area contributed by atoms with Crippen LogP contribution in [0.4, 0.5) is 0 Å². The van der Waals surface area contributed by atoms with Crippen LogP contribution >= 0.6 is 0 Å². The predicted molar refractivity (Wildman–Crippen MR) is 69.9 cm³/mol. The molecule has 3 heteroatoms. The summed E-state index contributed by atoms with van der Waals surface area (Å²) in [5.74, 6) is 0.672. The van der Waals surface area contributed by atoms with E-state index in [1.165, 1.54) is 12.8 Å². The standard InChI is InChI=1S/C14H27NO2/c1-10-7-8-15(11(2)9-10)12(3)13(16)17-14(4,5)6/h10-12H,7-9H2,1-6H3. The van der Waals surface area contributed by atoms with E-state index in [9.17, 15) is 4.79 Å². The van der Waals surface area contributed by atoms with Crippen molar-refractivity contribution < 1.29 is 9.53 Å². The normalized spacial score (nSPS) is 28.8. The number of likely N-dealkylation sites (tertiary alicyclic amines) is 1. The van der Waals surface area contributed by atoms with Crippen LogP contribution in [0.5, 0.6) is 0 Å². The summed E-state index contributed by atoms with van der Waals surface area (Å²) in [5, 5.41) is 0. The van der Waals surface area contributed by atoms with Gasteiger partial charge in [-0.15, -0.1) is 0 Å². The first-order chi connectivity index (χ1) is 7.70. The predicted octanol–water partition coefficient (Wildman–Crippen LogP) is 2.84. The second kappa shape index (κ2) is 5.38. The Labute approximate surface area is 106 Å². The molecule has 1 heterocycles. The summed E-state index contributed by atoms with van der Waals surface area (Å²) in [5.41, 5.74) is -0.391. The van der Waals surface area contributed by atoms with Crippen molar-refractivity contribution in [1.82, 2.24) is 4.90 Å². The molecule has 0 aromatic carbocycles. The highest BCUT2D eigenvalue weighted by molar-refractivity contribution is 5.75. The molecule has 3 unspecified atom stereocenters. The maximum atomic E-state index is 12.0. The van der Waals surface area contributed by atoms with Crippen LogP contribution in [-0.2, 0) is 9.53 Å². The van der Waals surface area contributed by atoms with Gasteiger partial charge in [-0.3, -0.25) is 9.69 Å². The number of nitrogens with zero attached hydrogens (tertiary/aromatic N) is 1. The van der Waals surface area contributed by atoms with Crippen molar-refractivity contribution in [1.29, 1.82) is 0 Å². The third-order valence-corrected chi connectivity index (χ3v) is 3.44. The minimum absolute atomic E-state index is 0.0982. The highest BCUT2D eigenvalue weighted by Crippen LogP contribution is 2.24. The van der Waals surface area contributed by atoms with Crippen molar-refractivity contribution in [3.8, 4) is 0 Å². The van der Waals surface area contributed by atoms with E-state index >= 15 is 0 Å². The number of ether oxygens (including phenoxy) is 1. The summed E-state index contributed by atoms with van der Waals surface area (Å²) in [7, 11) is 0. The largest absolute Gasteiger partial charge is 0.459 e. The Bertz CT molecular complexity index is 270. The molecule has 0 radical (unpaired) electrons. The molecule has 0 bridgehead atoms. The van der Waals surface area contributed by atoms with E-state index in [2.05, 4.69) is 18.7 Å². The van der Waals surface area contributed by atoms with Gasteiger partial charge in [0.2, 0.25) is 0 Å². The van der Waals surface area contributed by atoms with E-state index < -0.39 is 5.60 Å². The van der Waals surface area contributed by atoms with Gasteiger partial charge in [0.1, 0.15) is 11.6 Å². The summed E-state index contributed by atoms with van der Waals surface area (Å²) >= 11 is 0. The van der Waals surface area contributed by atoms with Crippen molar-refractivity contribution in [2.24, 2.45) is 5.92 Å². The van der Waals surface area contributed by atoms with Crippen LogP contribution < -0.4 is 0 Å². The first-order valence-electron chi connectivity index (χ1n) is 6.69. The summed E-state index contributed by atoms with van der Waals surface area (Å²) in [6.45, 7) is 13.2. The van der Waals surface area contributed by atoms with Crippen LogP contribution in [-0.4, -0.2) is 35.1 Å². The minimum Gasteiger partial charge on any atom is -0.459 e. The molecule has 1 rings (SSSR count). The van der Waals surface area contributed by atoms with Gasteiger partial charge in [0.15, 0.2) is 0 Å². The van der Waals surface area contributed by atoms with E-state index in [0.29, 0.717) is 6.04 Å². The van der Waals surface area contributed by atoms with Gasteiger partial charge < -0.3 is 4.74 Å². The second-order valence-corrected chi connectivity index (χ2v) is 6.43. The van der Waals surface area contributed by atoms with Crippen molar-refractivity contribution >= 4 is 5.97 Å². The Kier molecular flexibility index (Phi) is 4.59. The van der Waals surface area contributed by atoms with Crippen molar-refractivity contribution in [2.75, 3.05) is 6.54 Å². The smallest absolute Gasteiger partial charge is 0.323 e. The summed E-state index contributed by atoms with van der Waals surface area (Å²) in [6, 6.07) is 0.345. The number of rotatable bonds is 2. The Hall–Kier alpha value is -0.570. The lowest BCUT2D eigenvalue weighted by Crippen LogP contribution is -2.50. The monoisotopic (exact) mass is 241 g/mol. The molecule has 0 aliphatic carbocycles. The van der Waals surface area contributed by atoms with E-state index in [1.54, 1.807) is 0 Å². The van der Waals surface area contributed by atoms with E-state index in [1.807, 2.05) is 27.7 Å². The Morgan fingerprint density at radius 1 is 1.35 bits per heavy atom. The third kappa shape index (κ3) is 4.30. The van der Waals surface area contributed by atoms with Crippen molar-refractivity contribution in [3.63, 3.8) is 0 Å².